The zero-order chi connectivity index (χ0) is 15.2. The molecule has 0 bridgehead atoms. The van der Waals surface area contributed by atoms with Crippen molar-refractivity contribution >= 4 is 23.4 Å². The van der Waals surface area contributed by atoms with Gasteiger partial charge in [-0.25, -0.2) is 0 Å². The van der Waals surface area contributed by atoms with Crippen molar-refractivity contribution < 1.29 is 14.4 Å². The third-order valence-corrected chi connectivity index (χ3v) is 3.25. The predicted molar refractivity (Wildman–Crippen MR) is 77.7 cm³/mol. The van der Waals surface area contributed by atoms with E-state index in [0.717, 1.165) is 13.0 Å². The fourth-order valence-electron chi connectivity index (χ4n) is 2.09. The van der Waals surface area contributed by atoms with Crippen LogP contribution >= 0.6 is 0 Å². The van der Waals surface area contributed by atoms with E-state index in [1.807, 2.05) is 0 Å². The van der Waals surface area contributed by atoms with Crippen LogP contribution in [0.3, 0.4) is 0 Å². The summed E-state index contributed by atoms with van der Waals surface area (Å²) in [6, 6.07) is 6.07. The molecular weight excluding hydrogens is 272 g/mol. The second kappa shape index (κ2) is 6.85. The summed E-state index contributed by atoms with van der Waals surface area (Å²) in [5.41, 5.74) is 5.93. The normalized spacial score (nSPS) is 15.1. The fraction of sp³-hybridized carbons (Fsp3) is 0.357. The minimum absolute atomic E-state index is 0.345. The number of nitrogens with two attached hydrogens (primary N) is 1. The van der Waals surface area contributed by atoms with E-state index < -0.39 is 17.7 Å². The van der Waals surface area contributed by atoms with Crippen LogP contribution in [0.4, 0.5) is 5.69 Å². The average Bonchev–Trinajstić information content (AvgIpc) is 2.76. The molecule has 0 spiro atoms. The van der Waals surface area contributed by atoms with E-state index in [-0.39, 0.29) is 0 Å². The summed E-state index contributed by atoms with van der Waals surface area (Å²) in [6.45, 7) is 2.62. The van der Waals surface area contributed by atoms with E-state index in [0.29, 0.717) is 30.9 Å². The van der Waals surface area contributed by atoms with Crippen molar-refractivity contribution in [3.05, 3.63) is 29.8 Å². The van der Waals surface area contributed by atoms with Gasteiger partial charge in [-0.1, -0.05) is 0 Å². The number of nitrogens with one attached hydrogen (secondary N) is 2. The van der Waals surface area contributed by atoms with Crippen LogP contribution in [0.2, 0.25) is 0 Å². The summed E-state index contributed by atoms with van der Waals surface area (Å²) < 4.78 is 0. The monoisotopic (exact) mass is 290 g/mol. The Labute approximate surface area is 122 Å². The van der Waals surface area contributed by atoms with Crippen LogP contribution < -0.4 is 16.4 Å². The maximum atomic E-state index is 12.0. The van der Waals surface area contributed by atoms with Crippen LogP contribution in [-0.4, -0.2) is 48.8 Å². The molecule has 4 N–H and O–H groups in total. The smallest absolute Gasteiger partial charge is 0.313 e. The van der Waals surface area contributed by atoms with Crippen molar-refractivity contribution in [1.82, 2.24) is 10.2 Å². The van der Waals surface area contributed by atoms with Crippen LogP contribution in [0.15, 0.2) is 24.3 Å². The second-order valence-corrected chi connectivity index (χ2v) is 4.79. The number of hydrogen-bond acceptors (Lipinski definition) is 4. The SMILES string of the molecule is NC(=O)c1ccc(NC(=O)C(=O)N2CCCNCC2)cc1. The Morgan fingerprint density at radius 1 is 1.10 bits per heavy atom. The molecule has 0 aromatic heterocycles. The van der Waals surface area contributed by atoms with E-state index in [9.17, 15) is 14.4 Å². The fourth-order valence-corrected chi connectivity index (χ4v) is 2.09. The number of carbonyl (C=O) groups excluding carboxylic acids is 3. The van der Waals surface area contributed by atoms with Crippen molar-refractivity contribution in [2.45, 2.75) is 6.42 Å². The molecule has 7 heteroatoms. The number of hydrogen-bond donors (Lipinski definition) is 3. The molecule has 0 aliphatic carbocycles. The van der Waals surface area contributed by atoms with E-state index in [1.165, 1.54) is 29.2 Å². The van der Waals surface area contributed by atoms with Gasteiger partial charge in [-0.3, -0.25) is 14.4 Å². The number of benzene rings is 1. The molecule has 21 heavy (non-hydrogen) atoms. The van der Waals surface area contributed by atoms with Crippen molar-refractivity contribution in [3.8, 4) is 0 Å². The third-order valence-electron chi connectivity index (χ3n) is 3.25. The molecule has 3 amide bonds. The van der Waals surface area contributed by atoms with Gasteiger partial charge in [-0.15, -0.1) is 0 Å². The molecule has 7 nitrogen and oxygen atoms in total. The summed E-state index contributed by atoms with van der Waals surface area (Å²) in [4.78, 5) is 36.5. The first-order chi connectivity index (χ1) is 10.1. The average molecular weight is 290 g/mol. The largest absolute Gasteiger partial charge is 0.366 e. The first kappa shape index (κ1) is 15.0. The summed E-state index contributed by atoms with van der Waals surface area (Å²) in [6.07, 6.45) is 0.826. The first-order valence-electron chi connectivity index (χ1n) is 6.79. The number of anilines is 1. The zero-order valence-electron chi connectivity index (χ0n) is 11.6. The highest BCUT2D eigenvalue weighted by Gasteiger charge is 2.22. The lowest BCUT2D eigenvalue weighted by Gasteiger charge is -2.19. The molecular formula is C14H18N4O3. The molecule has 0 unspecified atom stereocenters. The van der Waals surface area contributed by atoms with Gasteiger partial charge < -0.3 is 21.3 Å². The molecule has 1 aliphatic heterocycles. The van der Waals surface area contributed by atoms with Gasteiger partial charge in [0.15, 0.2) is 0 Å². The summed E-state index contributed by atoms with van der Waals surface area (Å²) >= 11 is 0. The Morgan fingerprint density at radius 3 is 2.48 bits per heavy atom. The van der Waals surface area contributed by atoms with Gasteiger partial charge in [-0.2, -0.15) is 0 Å². The number of nitrogens with zero attached hydrogens (tertiary/aromatic N) is 1. The molecule has 1 fully saturated rings. The van der Waals surface area contributed by atoms with Crippen molar-refractivity contribution in [3.63, 3.8) is 0 Å². The molecule has 1 heterocycles. The van der Waals surface area contributed by atoms with Crippen molar-refractivity contribution in [1.29, 1.82) is 0 Å². The standard InChI is InChI=1S/C14H18N4O3/c15-12(19)10-2-4-11(5-3-10)17-13(20)14(21)18-8-1-6-16-7-9-18/h2-5,16H,1,6-9H2,(H2,15,19)(H,17,20). The molecule has 0 atom stereocenters. The maximum absolute atomic E-state index is 12.0. The predicted octanol–water partition coefficient (Wildman–Crippen LogP) is -0.454. The quantitative estimate of drug-likeness (QED) is 0.641. The van der Waals surface area contributed by atoms with Crippen LogP contribution in [0.25, 0.3) is 0 Å². The highest BCUT2D eigenvalue weighted by Crippen LogP contribution is 2.09. The minimum Gasteiger partial charge on any atom is -0.366 e. The van der Waals surface area contributed by atoms with Gasteiger partial charge in [0.05, 0.1) is 0 Å². The summed E-state index contributed by atoms with van der Waals surface area (Å²) in [7, 11) is 0. The van der Waals surface area contributed by atoms with Gasteiger partial charge in [0.1, 0.15) is 0 Å². The summed E-state index contributed by atoms with van der Waals surface area (Å²) in [5.74, 6) is -1.76. The van der Waals surface area contributed by atoms with Gasteiger partial charge in [-0.05, 0) is 37.2 Å². The Kier molecular flexibility index (Phi) is 4.89. The lowest BCUT2D eigenvalue weighted by Crippen LogP contribution is -2.41. The number of primary amides is 1. The number of carbonyl (C=O) groups is 3. The Morgan fingerprint density at radius 2 is 1.81 bits per heavy atom. The Bertz CT molecular complexity index is 534. The van der Waals surface area contributed by atoms with Crippen LogP contribution in [-0.2, 0) is 9.59 Å². The van der Waals surface area contributed by atoms with Gasteiger partial charge in [0, 0.05) is 30.9 Å². The van der Waals surface area contributed by atoms with Gasteiger partial charge in [0.2, 0.25) is 5.91 Å². The highest BCUT2D eigenvalue weighted by molar-refractivity contribution is 6.39. The molecule has 1 aromatic carbocycles. The second-order valence-electron chi connectivity index (χ2n) is 4.79. The molecule has 2 rings (SSSR count). The lowest BCUT2D eigenvalue weighted by molar-refractivity contribution is -0.143. The lowest BCUT2D eigenvalue weighted by atomic mass is 10.2. The molecule has 112 valence electrons. The van der Waals surface area contributed by atoms with E-state index in [2.05, 4.69) is 10.6 Å². The minimum atomic E-state index is -0.677. The number of rotatable bonds is 2. The first-order valence-corrected chi connectivity index (χ1v) is 6.79. The molecule has 1 aliphatic rings. The van der Waals surface area contributed by atoms with Crippen molar-refractivity contribution in [2.24, 2.45) is 5.73 Å². The van der Waals surface area contributed by atoms with Crippen LogP contribution in [0.1, 0.15) is 16.8 Å². The Hall–Kier alpha value is -2.41. The van der Waals surface area contributed by atoms with Gasteiger partial charge >= 0.3 is 11.8 Å². The topological polar surface area (TPSA) is 105 Å². The molecule has 0 saturated carbocycles. The molecule has 1 aromatic rings. The van der Waals surface area contributed by atoms with E-state index in [4.69, 9.17) is 5.73 Å². The third kappa shape index (κ3) is 4.03. The zero-order valence-corrected chi connectivity index (χ0v) is 11.6. The van der Waals surface area contributed by atoms with E-state index in [1.54, 1.807) is 0 Å². The molecule has 0 radical (unpaired) electrons. The summed E-state index contributed by atoms with van der Waals surface area (Å²) in [5, 5.41) is 5.69. The van der Waals surface area contributed by atoms with Crippen LogP contribution in [0.5, 0.6) is 0 Å². The van der Waals surface area contributed by atoms with E-state index >= 15 is 0 Å². The van der Waals surface area contributed by atoms with Gasteiger partial charge in [0.25, 0.3) is 0 Å². The highest BCUT2D eigenvalue weighted by atomic mass is 16.2. The maximum Gasteiger partial charge on any atom is 0.313 e. The molecule has 1 saturated heterocycles. The number of amides is 3. The van der Waals surface area contributed by atoms with Crippen molar-refractivity contribution in [2.75, 3.05) is 31.5 Å². The van der Waals surface area contributed by atoms with Crippen LogP contribution in [0, 0.1) is 0 Å². The Balaban J connectivity index is 1.96.